The molecule has 0 saturated carbocycles. The lowest BCUT2D eigenvalue weighted by molar-refractivity contribution is -0.176. The third-order valence-electron chi connectivity index (χ3n) is 4.10. The molecule has 29 heavy (non-hydrogen) atoms. The van der Waals surface area contributed by atoms with E-state index in [-0.39, 0.29) is 36.0 Å². The van der Waals surface area contributed by atoms with E-state index in [9.17, 15) is 13.2 Å². The van der Waals surface area contributed by atoms with Crippen molar-refractivity contribution in [2.75, 3.05) is 20.2 Å². The van der Waals surface area contributed by atoms with E-state index in [1.54, 1.807) is 30.5 Å². The summed E-state index contributed by atoms with van der Waals surface area (Å²) >= 11 is 1.73. The van der Waals surface area contributed by atoms with Gasteiger partial charge in [-0.3, -0.25) is 4.99 Å². The lowest BCUT2D eigenvalue weighted by atomic mass is 9.91. The van der Waals surface area contributed by atoms with Gasteiger partial charge in [0.1, 0.15) is 6.61 Å². The molecule has 9 heteroatoms. The van der Waals surface area contributed by atoms with Crippen LogP contribution in [0.25, 0.3) is 0 Å². The van der Waals surface area contributed by atoms with Crippen LogP contribution < -0.4 is 10.6 Å². The van der Waals surface area contributed by atoms with E-state index in [1.807, 2.05) is 18.2 Å². The molecule has 1 aromatic heterocycles. The lowest BCUT2D eigenvalue weighted by Crippen LogP contribution is -2.42. The Morgan fingerprint density at radius 3 is 2.45 bits per heavy atom. The minimum absolute atomic E-state index is 0. The molecule has 2 aromatic rings. The highest BCUT2D eigenvalue weighted by molar-refractivity contribution is 14.0. The molecule has 0 atom stereocenters. The molecule has 0 saturated heterocycles. The summed E-state index contributed by atoms with van der Waals surface area (Å²) in [7, 11) is 1.70. The molecule has 0 aliphatic heterocycles. The number of nitrogens with one attached hydrogen (secondary N) is 2. The number of nitrogens with zero attached hydrogens (tertiary/aromatic N) is 1. The van der Waals surface area contributed by atoms with Crippen LogP contribution in [-0.2, 0) is 23.3 Å². The zero-order valence-corrected chi connectivity index (χ0v) is 19.8. The number of rotatable bonds is 8. The molecule has 4 nitrogen and oxygen atoms in total. The normalized spacial score (nSPS) is 12.4. The van der Waals surface area contributed by atoms with E-state index >= 15 is 0 Å². The molecule has 0 aliphatic rings. The van der Waals surface area contributed by atoms with Gasteiger partial charge in [-0.05, 0) is 22.6 Å². The zero-order valence-electron chi connectivity index (χ0n) is 16.7. The second-order valence-electron chi connectivity index (χ2n) is 7.07. The summed E-state index contributed by atoms with van der Waals surface area (Å²) < 4.78 is 41.3. The fourth-order valence-electron chi connectivity index (χ4n) is 2.58. The fraction of sp³-hybridized carbons (Fsp3) is 0.450. The maximum absolute atomic E-state index is 12.2. The molecule has 0 bridgehead atoms. The zero-order chi connectivity index (χ0) is 20.6. The Morgan fingerprint density at radius 1 is 1.10 bits per heavy atom. The average molecular weight is 541 g/mol. The van der Waals surface area contributed by atoms with Gasteiger partial charge in [0.25, 0.3) is 0 Å². The van der Waals surface area contributed by atoms with Crippen LogP contribution >= 0.6 is 35.3 Å². The van der Waals surface area contributed by atoms with Crippen molar-refractivity contribution >= 4 is 41.3 Å². The van der Waals surface area contributed by atoms with Crippen molar-refractivity contribution in [3.63, 3.8) is 0 Å². The van der Waals surface area contributed by atoms with Crippen LogP contribution in [0.5, 0.6) is 0 Å². The topological polar surface area (TPSA) is 45.7 Å². The minimum Gasteiger partial charge on any atom is -0.367 e. The molecule has 2 rings (SSSR count). The highest BCUT2D eigenvalue weighted by Crippen LogP contribution is 2.26. The highest BCUT2D eigenvalue weighted by atomic mass is 127. The number of benzene rings is 1. The quantitative estimate of drug-likeness (QED) is 0.278. The lowest BCUT2D eigenvalue weighted by Gasteiger charge is -2.25. The first kappa shape index (κ1) is 25.7. The van der Waals surface area contributed by atoms with Gasteiger partial charge in [0, 0.05) is 30.4 Å². The summed E-state index contributed by atoms with van der Waals surface area (Å²) in [4.78, 5) is 5.53. The van der Waals surface area contributed by atoms with E-state index in [0.717, 1.165) is 12.1 Å². The fourth-order valence-corrected chi connectivity index (χ4v) is 3.43. The van der Waals surface area contributed by atoms with Crippen LogP contribution in [0.1, 0.15) is 29.9 Å². The first-order valence-corrected chi connectivity index (χ1v) is 9.78. The Balaban J connectivity index is 0.00000420. The number of hydrogen-bond acceptors (Lipinski definition) is 3. The van der Waals surface area contributed by atoms with Gasteiger partial charge in [-0.15, -0.1) is 35.3 Å². The summed E-state index contributed by atoms with van der Waals surface area (Å²) in [5.41, 5.74) is 1.61. The van der Waals surface area contributed by atoms with Crippen LogP contribution in [0.2, 0.25) is 0 Å². The largest absolute Gasteiger partial charge is 0.411 e. The van der Waals surface area contributed by atoms with E-state index in [4.69, 9.17) is 4.74 Å². The van der Waals surface area contributed by atoms with Crippen molar-refractivity contribution < 1.29 is 17.9 Å². The molecule has 0 fully saturated rings. The number of guanidine groups is 1. The molecule has 0 aliphatic carbocycles. The predicted molar refractivity (Wildman–Crippen MR) is 123 cm³/mol. The molecule has 1 heterocycles. The Bertz CT molecular complexity index is 765. The monoisotopic (exact) mass is 541 g/mol. The van der Waals surface area contributed by atoms with Gasteiger partial charge in [0.05, 0.1) is 6.61 Å². The molecule has 0 unspecified atom stereocenters. The highest BCUT2D eigenvalue weighted by Gasteiger charge is 2.27. The molecular formula is C20H27F3IN3OS. The summed E-state index contributed by atoms with van der Waals surface area (Å²) in [5.74, 6) is 0.670. The molecular weight excluding hydrogens is 514 g/mol. The van der Waals surface area contributed by atoms with Crippen molar-refractivity contribution in [3.8, 4) is 0 Å². The minimum atomic E-state index is -4.31. The average Bonchev–Trinajstić information content (AvgIpc) is 3.17. The van der Waals surface area contributed by atoms with Crippen molar-refractivity contribution in [3.05, 3.63) is 57.8 Å². The van der Waals surface area contributed by atoms with Crippen LogP contribution in [-0.4, -0.2) is 32.3 Å². The Labute approximate surface area is 191 Å². The first-order valence-electron chi connectivity index (χ1n) is 8.90. The maximum atomic E-state index is 12.2. The number of halogens is 4. The molecule has 0 amide bonds. The number of thiophene rings is 1. The number of alkyl halides is 3. The molecule has 2 N–H and O–H groups in total. The first-order chi connectivity index (χ1) is 13.2. The van der Waals surface area contributed by atoms with Gasteiger partial charge >= 0.3 is 6.18 Å². The molecule has 0 radical (unpaired) electrons. The summed E-state index contributed by atoms with van der Waals surface area (Å²) in [6, 6.07) is 11.4. The van der Waals surface area contributed by atoms with Crippen molar-refractivity contribution in [2.45, 2.75) is 38.6 Å². The summed E-state index contributed by atoms with van der Waals surface area (Å²) in [6.07, 6.45) is -4.31. The van der Waals surface area contributed by atoms with Crippen molar-refractivity contribution in [1.82, 2.24) is 10.6 Å². The van der Waals surface area contributed by atoms with Gasteiger partial charge in [0.15, 0.2) is 5.96 Å². The van der Waals surface area contributed by atoms with E-state index < -0.39 is 12.8 Å². The van der Waals surface area contributed by atoms with Crippen LogP contribution in [0.3, 0.4) is 0 Å². The van der Waals surface area contributed by atoms with E-state index in [2.05, 4.69) is 40.9 Å². The van der Waals surface area contributed by atoms with Gasteiger partial charge in [-0.25, -0.2) is 0 Å². The van der Waals surface area contributed by atoms with Gasteiger partial charge in [-0.2, -0.15) is 13.2 Å². The third-order valence-corrected chi connectivity index (χ3v) is 5.33. The molecule has 0 spiro atoms. The third kappa shape index (κ3) is 9.35. The van der Waals surface area contributed by atoms with Crippen LogP contribution in [0, 0.1) is 0 Å². The van der Waals surface area contributed by atoms with E-state index in [1.165, 1.54) is 4.88 Å². The smallest absolute Gasteiger partial charge is 0.367 e. The number of hydrogen-bond donors (Lipinski definition) is 2. The van der Waals surface area contributed by atoms with Crippen LogP contribution in [0.4, 0.5) is 13.2 Å². The SMILES string of the molecule is CN=C(NCc1cccc(COCC(F)(F)F)c1)NCC(C)(C)c1cccs1.I. The van der Waals surface area contributed by atoms with Crippen molar-refractivity contribution in [1.29, 1.82) is 0 Å². The van der Waals surface area contributed by atoms with E-state index in [0.29, 0.717) is 18.1 Å². The van der Waals surface area contributed by atoms with Crippen molar-refractivity contribution in [2.24, 2.45) is 4.99 Å². The maximum Gasteiger partial charge on any atom is 0.411 e. The van der Waals surface area contributed by atoms with Gasteiger partial charge < -0.3 is 15.4 Å². The van der Waals surface area contributed by atoms with Gasteiger partial charge in [0.2, 0.25) is 0 Å². The molecule has 1 aromatic carbocycles. The number of ether oxygens (including phenoxy) is 1. The summed E-state index contributed by atoms with van der Waals surface area (Å²) in [5, 5.41) is 8.63. The Kier molecular flexibility index (Phi) is 10.4. The molecule has 162 valence electrons. The summed E-state index contributed by atoms with van der Waals surface area (Å²) in [6.45, 7) is 4.25. The second kappa shape index (κ2) is 11.8. The second-order valence-corrected chi connectivity index (χ2v) is 8.02. The van der Waals surface area contributed by atoms with Crippen LogP contribution in [0.15, 0.2) is 46.8 Å². The Morgan fingerprint density at radius 2 is 1.83 bits per heavy atom. The standard InChI is InChI=1S/C20H26F3N3OS.HI/c1-19(2,17-8-5-9-28-17)13-26-18(24-3)25-11-15-6-4-7-16(10-15)12-27-14-20(21,22)23;/h4-10H,11-14H2,1-3H3,(H2,24,25,26);1H. The van der Waals surface area contributed by atoms with Gasteiger partial charge in [-0.1, -0.05) is 44.2 Å². The Hall–Kier alpha value is -1.33. The predicted octanol–water partition coefficient (Wildman–Crippen LogP) is 5.09. The number of aliphatic imine (C=N–C) groups is 1.